The van der Waals surface area contributed by atoms with E-state index in [2.05, 4.69) is 5.32 Å². The quantitative estimate of drug-likeness (QED) is 0.916. The molecule has 0 atom stereocenters. The number of likely N-dealkylation sites (tertiary alicyclic amines) is 1. The van der Waals surface area contributed by atoms with Gasteiger partial charge >= 0.3 is 0 Å². The molecule has 1 fully saturated rings. The van der Waals surface area contributed by atoms with Crippen molar-refractivity contribution in [1.82, 2.24) is 10.2 Å². The summed E-state index contributed by atoms with van der Waals surface area (Å²) < 4.78 is 18.9. The van der Waals surface area contributed by atoms with E-state index >= 15 is 0 Å². The van der Waals surface area contributed by atoms with Crippen molar-refractivity contribution in [3.05, 3.63) is 65.5 Å². The number of hydrogen-bond acceptors (Lipinski definition) is 3. The molecule has 2 aromatic carbocycles. The lowest BCUT2D eigenvalue weighted by Crippen LogP contribution is -2.46. The number of benzene rings is 2. The van der Waals surface area contributed by atoms with Gasteiger partial charge in [0, 0.05) is 24.7 Å². The van der Waals surface area contributed by atoms with Crippen molar-refractivity contribution in [1.29, 1.82) is 0 Å². The maximum absolute atomic E-state index is 13.8. The fourth-order valence-electron chi connectivity index (χ4n) is 3.06. The Balaban J connectivity index is 1.56. The summed E-state index contributed by atoms with van der Waals surface area (Å²) in [6, 6.07) is 12.9. The number of nitrogens with zero attached hydrogens (tertiary/aromatic N) is 1. The Bertz CT molecular complexity index is 801. The van der Waals surface area contributed by atoms with Crippen molar-refractivity contribution in [2.24, 2.45) is 0 Å². The van der Waals surface area contributed by atoms with Gasteiger partial charge in [-0.1, -0.05) is 18.2 Å². The van der Waals surface area contributed by atoms with Gasteiger partial charge < -0.3 is 15.0 Å². The van der Waals surface area contributed by atoms with Crippen LogP contribution in [0.25, 0.3) is 0 Å². The molecule has 0 saturated carbocycles. The average Bonchev–Trinajstić information content (AvgIpc) is 2.68. The zero-order valence-corrected chi connectivity index (χ0v) is 14.6. The van der Waals surface area contributed by atoms with Crippen LogP contribution in [0.5, 0.6) is 5.75 Å². The molecule has 0 aromatic heterocycles. The van der Waals surface area contributed by atoms with E-state index in [1.54, 1.807) is 48.4 Å². The highest BCUT2D eigenvalue weighted by Gasteiger charge is 2.26. The van der Waals surface area contributed by atoms with Crippen LogP contribution in [0.15, 0.2) is 48.5 Å². The largest absolute Gasteiger partial charge is 0.497 e. The van der Waals surface area contributed by atoms with E-state index < -0.39 is 5.82 Å². The van der Waals surface area contributed by atoms with Gasteiger partial charge in [0.1, 0.15) is 11.6 Å². The standard InChI is InChI=1S/C20H21FN2O3/c1-26-16-6-4-5-14(13-16)19(24)22-15-9-11-23(12-10-15)20(25)17-7-2-3-8-18(17)21/h2-8,13,15H,9-12H2,1H3,(H,22,24). The Morgan fingerprint density at radius 1 is 1.12 bits per heavy atom. The lowest BCUT2D eigenvalue weighted by Gasteiger charge is -2.32. The third kappa shape index (κ3) is 4.02. The molecule has 0 spiro atoms. The van der Waals surface area contributed by atoms with Crippen LogP contribution in [0.4, 0.5) is 4.39 Å². The summed E-state index contributed by atoms with van der Waals surface area (Å²) in [7, 11) is 1.55. The van der Waals surface area contributed by atoms with Gasteiger partial charge in [-0.25, -0.2) is 4.39 Å². The molecule has 136 valence electrons. The molecule has 0 unspecified atom stereocenters. The average molecular weight is 356 g/mol. The Morgan fingerprint density at radius 3 is 2.54 bits per heavy atom. The Labute approximate surface area is 151 Å². The summed E-state index contributed by atoms with van der Waals surface area (Å²) in [5.41, 5.74) is 0.626. The second-order valence-electron chi connectivity index (χ2n) is 6.25. The maximum atomic E-state index is 13.8. The molecule has 5 nitrogen and oxygen atoms in total. The third-order valence-electron chi connectivity index (χ3n) is 4.55. The van der Waals surface area contributed by atoms with Gasteiger partial charge in [-0.05, 0) is 43.2 Å². The van der Waals surface area contributed by atoms with E-state index in [4.69, 9.17) is 4.74 Å². The van der Waals surface area contributed by atoms with Gasteiger partial charge in [0.2, 0.25) is 0 Å². The second kappa shape index (κ2) is 7.99. The van der Waals surface area contributed by atoms with Crippen LogP contribution >= 0.6 is 0 Å². The molecule has 1 aliphatic rings. The molecular weight excluding hydrogens is 335 g/mol. The lowest BCUT2D eigenvalue weighted by atomic mass is 10.0. The molecular formula is C20H21FN2O3. The highest BCUT2D eigenvalue weighted by Crippen LogP contribution is 2.17. The summed E-state index contributed by atoms with van der Waals surface area (Å²) in [6.07, 6.45) is 1.27. The first-order valence-electron chi connectivity index (χ1n) is 8.57. The SMILES string of the molecule is COc1cccc(C(=O)NC2CCN(C(=O)c3ccccc3F)CC2)c1. The number of methoxy groups -OCH3 is 1. The number of piperidine rings is 1. The fourth-order valence-corrected chi connectivity index (χ4v) is 3.06. The summed E-state index contributed by atoms with van der Waals surface area (Å²) in [5, 5.41) is 2.99. The molecule has 0 bridgehead atoms. The molecule has 0 radical (unpaired) electrons. The number of hydrogen-bond donors (Lipinski definition) is 1. The van der Waals surface area contributed by atoms with Crippen molar-refractivity contribution in [2.75, 3.05) is 20.2 Å². The first-order valence-corrected chi connectivity index (χ1v) is 8.57. The van der Waals surface area contributed by atoms with E-state index in [9.17, 15) is 14.0 Å². The molecule has 6 heteroatoms. The van der Waals surface area contributed by atoms with Crippen molar-refractivity contribution in [3.63, 3.8) is 0 Å². The molecule has 0 aliphatic carbocycles. The van der Waals surface area contributed by atoms with Crippen LogP contribution in [0.1, 0.15) is 33.6 Å². The highest BCUT2D eigenvalue weighted by atomic mass is 19.1. The zero-order chi connectivity index (χ0) is 18.5. The minimum absolute atomic E-state index is 0.0154. The number of halogens is 1. The van der Waals surface area contributed by atoms with Gasteiger partial charge in [-0.15, -0.1) is 0 Å². The predicted molar refractivity (Wildman–Crippen MR) is 95.8 cm³/mol. The summed E-state index contributed by atoms with van der Waals surface area (Å²) >= 11 is 0. The maximum Gasteiger partial charge on any atom is 0.256 e. The Hall–Kier alpha value is -2.89. The van der Waals surface area contributed by atoms with E-state index in [-0.39, 0.29) is 23.4 Å². The van der Waals surface area contributed by atoms with Crippen LogP contribution in [0.3, 0.4) is 0 Å². The highest BCUT2D eigenvalue weighted by molar-refractivity contribution is 5.95. The van der Waals surface area contributed by atoms with E-state index in [1.807, 2.05) is 0 Å². The molecule has 1 heterocycles. The number of carbonyl (C=O) groups excluding carboxylic acids is 2. The van der Waals surface area contributed by atoms with Crippen molar-refractivity contribution in [2.45, 2.75) is 18.9 Å². The Kier molecular flexibility index (Phi) is 5.51. The molecule has 2 amide bonds. The van der Waals surface area contributed by atoms with Crippen LogP contribution < -0.4 is 10.1 Å². The van der Waals surface area contributed by atoms with Crippen LogP contribution in [0.2, 0.25) is 0 Å². The zero-order valence-electron chi connectivity index (χ0n) is 14.6. The number of carbonyl (C=O) groups is 2. The van der Waals surface area contributed by atoms with E-state index in [0.29, 0.717) is 37.2 Å². The van der Waals surface area contributed by atoms with E-state index in [0.717, 1.165) is 0 Å². The van der Waals surface area contributed by atoms with Gasteiger partial charge in [-0.3, -0.25) is 9.59 Å². The summed E-state index contributed by atoms with van der Waals surface area (Å²) in [6.45, 7) is 0.965. The molecule has 26 heavy (non-hydrogen) atoms. The number of ether oxygens (including phenoxy) is 1. The fraction of sp³-hybridized carbons (Fsp3) is 0.300. The molecule has 1 saturated heterocycles. The summed E-state index contributed by atoms with van der Waals surface area (Å²) in [4.78, 5) is 26.4. The minimum atomic E-state index is -0.508. The first kappa shape index (κ1) is 17.9. The number of rotatable bonds is 4. The van der Waals surface area contributed by atoms with Gasteiger partial charge in [-0.2, -0.15) is 0 Å². The van der Waals surface area contributed by atoms with Gasteiger partial charge in [0.05, 0.1) is 12.7 Å². The molecule has 2 aromatic rings. The normalized spacial score (nSPS) is 14.8. The smallest absolute Gasteiger partial charge is 0.256 e. The van der Waals surface area contributed by atoms with E-state index in [1.165, 1.54) is 12.1 Å². The lowest BCUT2D eigenvalue weighted by molar-refractivity contribution is 0.0693. The third-order valence-corrected chi connectivity index (χ3v) is 4.55. The van der Waals surface area contributed by atoms with Gasteiger partial charge in [0.15, 0.2) is 0 Å². The molecule has 1 N–H and O–H groups in total. The number of amides is 2. The van der Waals surface area contributed by atoms with Crippen LogP contribution in [-0.2, 0) is 0 Å². The topological polar surface area (TPSA) is 58.6 Å². The predicted octanol–water partition coefficient (Wildman–Crippen LogP) is 2.87. The molecule has 1 aliphatic heterocycles. The van der Waals surface area contributed by atoms with Crippen molar-refractivity contribution < 1.29 is 18.7 Å². The van der Waals surface area contributed by atoms with Crippen molar-refractivity contribution in [3.8, 4) is 5.75 Å². The second-order valence-corrected chi connectivity index (χ2v) is 6.25. The summed E-state index contributed by atoms with van der Waals surface area (Å²) in [5.74, 6) is -0.350. The first-order chi connectivity index (χ1) is 12.6. The van der Waals surface area contributed by atoms with Crippen LogP contribution in [0, 0.1) is 5.82 Å². The molecule has 3 rings (SSSR count). The number of nitrogens with one attached hydrogen (secondary N) is 1. The van der Waals surface area contributed by atoms with Crippen molar-refractivity contribution >= 4 is 11.8 Å². The Morgan fingerprint density at radius 2 is 1.85 bits per heavy atom. The minimum Gasteiger partial charge on any atom is -0.497 e. The van der Waals surface area contributed by atoms with Gasteiger partial charge in [0.25, 0.3) is 11.8 Å². The van der Waals surface area contributed by atoms with Crippen LogP contribution in [-0.4, -0.2) is 43.0 Å². The monoisotopic (exact) mass is 356 g/mol.